The van der Waals surface area contributed by atoms with Gasteiger partial charge in [-0.2, -0.15) is 0 Å². The second-order valence-corrected chi connectivity index (χ2v) is 9.16. The lowest BCUT2D eigenvalue weighted by Crippen LogP contribution is -2.32. The summed E-state index contributed by atoms with van der Waals surface area (Å²) in [5, 5.41) is 1.91. The van der Waals surface area contributed by atoms with E-state index < -0.39 is 103 Å². The van der Waals surface area contributed by atoms with Crippen LogP contribution in [0.3, 0.4) is 0 Å². The number of hydrogen-bond acceptors (Lipinski definition) is 4. The van der Waals surface area contributed by atoms with Gasteiger partial charge >= 0.3 is 0 Å². The molecule has 6 nitrogen and oxygen atoms in total. The fourth-order valence-corrected chi connectivity index (χ4v) is 4.04. The molecule has 0 fully saturated rings. The average molecular weight is 588 g/mol. The van der Waals surface area contributed by atoms with Crippen LogP contribution in [0.4, 0.5) is 43.9 Å². The summed E-state index contributed by atoms with van der Waals surface area (Å²) in [5.41, 5.74) is -3.55. The highest BCUT2D eigenvalue weighted by atomic mass is 32.2. The van der Waals surface area contributed by atoms with Crippen molar-refractivity contribution in [3.05, 3.63) is 99.1 Å². The van der Waals surface area contributed by atoms with Crippen LogP contribution in [0.5, 0.6) is 0 Å². The third kappa shape index (κ3) is 5.52. The predicted molar refractivity (Wildman–Crippen MR) is 110 cm³/mol. The normalized spacial score (nSPS) is 11.4. The Morgan fingerprint density at radius 2 is 0.923 bits per heavy atom. The predicted octanol–water partition coefficient (Wildman–Crippen LogP) is 4.17. The summed E-state index contributed by atoms with van der Waals surface area (Å²) in [6, 6.07) is 3.80. The highest BCUT2D eigenvalue weighted by Gasteiger charge is 2.32. The smallest absolute Gasteiger partial charge is 0.271 e. The molecule has 0 unspecified atom stereocenters. The van der Waals surface area contributed by atoms with E-state index in [0.29, 0.717) is 0 Å². The van der Waals surface area contributed by atoms with Crippen LogP contribution < -0.4 is 10.0 Å². The van der Waals surface area contributed by atoms with Crippen LogP contribution in [0, 0.1) is 58.2 Å². The molecular weight excluding hydrogens is 578 g/mol. The molecule has 39 heavy (non-hydrogen) atoms. The molecule has 0 aromatic heterocycles. The third-order valence-electron chi connectivity index (χ3n) is 5.03. The van der Waals surface area contributed by atoms with E-state index in [-0.39, 0.29) is 12.0 Å². The Labute approximate surface area is 211 Å². The number of hydrogen-bond donors (Lipinski definition) is 2. The van der Waals surface area contributed by atoms with Gasteiger partial charge in [-0.15, -0.1) is 0 Å². The van der Waals surface area contributed by atoms with E-state index in [9.17, 15) is 61.9 Å². The zero-order valence-electron chi connectivity index (χ0n) is 18.5. The molecule has 0 aliphatic rings. The molecule has 17 heteroatoms. The molecule has 208 valence electrons. The van der Waals surface area contributed by atoms with Crippen molar-refractivity contribution < 1.29 is 61.9 Å². The van der Waals surface area contributed by atoms with Gasteiger partial charge in [0.15, 0.2) is 46.5 Å². The van der Waals surface area contributed by atoms with Gasteiger partial charge in [-0.25, -0.2) is 57.0 Å². The first-order valence-corrected chi connectivity index (χ1v) is 11.6. The summed E-state index contributed by atoms with van der Waals surface area (Å²) in [7, 11) is -4.91. The summed E-state index contributed by atoms with van der Waals surface area (Å²) < 4.78 is 160. The molecule has 0 radical (unpaired) electrons. The van der Waals surface area contributed by atoms with Gasteiger partial charge in [0.1, 0.15) is 11.1 Å². The summed E-state index contributed by atoms with van der Waals surface area (Å²) in [5.74, 6) is -28.3. The number of rotatable bonds is 7. The molecule has 3 rings (SSSR count). The largest absolute Gasteiger partial charge is 0.352 e. The maximum Gasteiger partial charge on any atom is 0.271 e. The van der Waals surface area contributed by atoms with Crippen LogP contribution in [0.1, 0.15) is 26.3 Å². The summed E-state index contributed by atoms with van der Waals surface area (Å²) in [6.45, 7) is -0.443. The first-order chi connectivity index (χ1) is 18.1. The number of carbonyl (C=O) groups is 2. The first-order valence-electron chi connectivity index (χ1n) is 10.1. The van der Waals surface area contributed by atoms with Gasteiger partial charge in [0.25, 0.3) is 21.8 Å². The number of benzene rings is 3. The van der Waals surface area contributed by atoms with Gasteiger partial charge in [-0.1, -0.05) is 12.1 Å². The summed E-state index contributed by atoms with van der Waals surface area (Å²) >= 11 is 0. The molecule has 2 amide bonds. The fourth-order valence-electron chi connectivity index (χ4n) is 3.08. The van der Waals surface area contributed by atoms with Crippen LogP contribution >= 0.6 is 0 Å². The maximum absolute atomic E-state index is 13.8. The Hall–Kier alpha value is -4.15. The van der Waals surface area contributed by atoms with E-state index in [2.05, 4.69) is 0 Å². The minimum atomic E-state index is -4.91. The van der Waals surface area contributed by atoms with Crippen LogP contribution in [0.25, 0.3) is 0 Å². The van der Waals surface area contributed by atoms with Gasteiger partial charge in [0, 0.05) is 6.54 Å². The van der Waals surface area contributed by atoms with Crippen molar-refractivity contribution in [3.63, 3.8) is 0 Å². The maximum atomic E-state index is 13.8. The zero-order valence-corrected chi connectivity index (χ0v) is 19.4. The molecule has 3 aromatic carbocycles. The first kappa shape index (κ1) is 29.4. The Bertz CT molecular complexity index is 1550. The number of amides is 2. The average Bonchev–Trinajstić information content (AvgIpc) is 2.88. The molecule has 0 saturated heterocycles. The van der Waals surface area contributed by atoms with Crippen molar-refractivity contribution in [1.29, 1.82) is 0 Å². The van der Waals surface area contributed by atoms with Crippen LogP contribution in [0.2, 0.25) is 0 Å². The topological polar surface area (TPSA) is 92.3 Å². The molecule has 2 N–H and O–H groups in total. The lowest BCUT2D eigenvalue weighted by molar-refractivity contribution is 0.0939. The molecule has 0 saturated carbocycles. The van der Waals surface area contributed by atoms with Crippen molar-refractivity contribution in [3.8, 4) is 0 Å². The standard InChI is InChI=1S/C22H10F10N2O4S/c23-11-9(12(24)16(28)19(31)15(11)27)21(35)33-6-5-7-1-3-8(4-2-7)39(37,38)34-22(36)10-13(25)17(29)20(32)18(30)14(10)26/h1-4H,5-6H2,(H,33,35)(H,34,36). The van der Waals surface area contributed by atoms with Gasteiger partial charge in [-0.3, -0.25) is 9.59 Å². The quantitative estimate of drug-likeness (QED) is 0.246. The molecule has 0 bridgehead atoms. The number of sulfonamides is 1. The Balaban J connectivity index is 1.70. The Morgan fingerprint density at radius 3 is 1.33 bits per heavy atom. The second-order valence-electron chi connectivity index (χ2n) is 7.47. The van der Waals surface area contributed by atoms with E-state index in [1.807, 2.05) is 5.32 Å². The summed E-state index contributed by atoms with van der Waals surface area (Å²) in [6.07, 6.45) is -0.182. The summed E-state index contributed by atoms with van der Waals surface area (Å²) in [4.78, 5) is 23.2. The fraction of sp³-hybridized carbons (Fsp3) is 0.0909. The second kappa shape index (κ2) is 10.9. The Morgan fingerprint density at radius 1 is 0.564 bits per heavy atom. The number of carbonyl (C=O) groups excluding carboxylic acids is 2. The third-order valence-corrected chi connectivity index (χ3v) is 6.38. The van der Waals surface area contributed by atoms with Gasteiger partial charge in [0.05, 0.1) is 4.90 Å². The molecule has 0 aliphatic heterocycles. The van der Waals surface area contributed by atoms with Gasteiger partial charge in [0.2, 0.25) is 11.6 Å². The van der Waals surface area contributed by atoms with Crippen molar-refractivity contribution in [2.45, 2.75) is 11.3 Å². The molecular formula is C22H10F10N2O4S. The molecule has 0 atom stereocenters. The zero-order chi connectivity index (χ0) is 29.4. The van der Waals surface area contributed by atoms with Gasteiger partial charge < -0.3 is 5.32 Å². The van der Waals surface area contributed by atoms with Crippen molar-refractivity contribution in [1.82, 2.24) is 10.0 Å². The van der Waals surface area contributed by atoms with Crippen LogP contribution in [-0.2, 0) is 16.4 Å². The SMILES string of the molecule is O=C(NCCc1ccc(S(=O)(=O)NC(=O)c2c(F)c(F)c(F)c(F)c2F)cc1)c1c(F)c(F)c(F)c(F)c1F. The van der Waals surface area contributed by atoms with E-state index in [1.54, 1.807) is 0 Å². The van der Waals surface area contributed by atoms with E-state index in [4.69, 9.17) is 0 Å². The number of nitrogens with one attached hydrogen (secondary N) is 2. The lowest BCUT2D eigenvalue weighted by atomic mass is 10.1. The van der Waals surface area contributed by atoms with E-state index in [1.165, 1.54) is 0 Å². The molecule has 0 heterocycles. The highest BCUT2D eigenvalue weighted by Crippen LogP contribution is 2.24. The number of halogens is 10. The van der Waals surface area contributed by atoms with Crippen molar-refractivity contribution in [2.24, 2.45) is 0 Å². The minimum absolute atomic E-state index is 0.182. The van der Waals surface area contributed by atoms with E-state index in [0.717, 1.165) is 29.0 Å². The van der Waals surface area contributed by atoms with E-state index >= 15 is 0 Å². The lowest BCUT2D eigenvalue weighted by Gasteiger charge is -2.11. The monoisotopic (exact) mass is 588 g/mol. The molecule has 0 aliphatic carbocycles. The minimum Gasteiger partial charge on any atom is -0.352 e. The van der Waals surface area contributed by atoms with Crippen LogP contribution in [0.15, 0.2) is 29.2 Å². The van der Waals surface area contributed by atoms with Crippen molar-refractivity contribution >= 4 is 21.8 Å². The highest BCUT2D eigenvalue weighted by molar-refractivity contribution is 7.90. The molecule has 3 aromatic rings. The molecule has 0 spiro atoms. The van der Waals surface area contributed by atoms with Crippen molar-refractivity contribution in [2.75, 3.05) is 6.54 Å². The van der Waals surface area contributed by atoms with Gasteiger partial charge in [-0.05, 0) is 24.1 Å². The Kier molecular flexibility index (Phi) is 8.23. The van der Waals surface area contributed by atoms with Crippen LogP contribution in [-0.4, -0.2) is 26.8 Å².